The van der Waals surface area contributed by atoms with Gasteiger partial charge in [0.15, 0.2) is 6.29 Å². The standard InChI is InChI=1S/C12H19ClO3/c1-10(5-4-6-11(14)9-13)16-12-7-2-3-8-15-12/h10-12,14H,2-3,6-9H2,1H3. The third-order valence-electron chi connectivity index (χ3n) is 2.31. The molecule has 1 N–H and O–H groups in total. The summed E-state index contributed by atoms with van der Waals surface area (Å²) in [5.74, 6) is 6.00. The van der Waals surface area contributed by atoms with E-state index in [-0.39, 0.29) is 18.3 Å². The molecule has 0 bridgehead atoms. The van der Waals surface area contributed by atoms with Gasteiger partial charge in [0.25, 0.3) is 0 Å². The highest BCUT2D eigenvalue weighted by atomic mass is 35.5. The summed E-state index contributed by atoms with van der Waals surface area (Å²) in [7, 11) is 0. The molecular formula is C12H19ClO3. The first-order valence-electron chi connectivity index (χ1n) is 5.72. The topological polar surface area (TPSA) is 38.7 Å². The maximum Gasteiger partial charge on any atom is 0.159 e. The Bertz CT molecular complexity index is 240. The van der Waals surface area contributed by atoms with Crippen molar-refractivity contribution in [3.63, 3.8) is 0 Å². The Labute approximate surface area is 102 Å². The molecule has 1 heterocycles. The van der Waals surface area contributed by atoms with Crippen LogP contribution in [-0.2, 0) is 9.47 Å². The molecule has 1 saturated heterocycles. The van der Waals surface area contributed by atoms with Crippen LogP contribution in [0, 0.1) is 11.8 Å². The number of hydrogen-bond donors (Lipinski definition) is 1. The molecule has 1 aliphatic heterocycles. The third-order valence-corrected chi connectivity index (χ3v) is 2.67. The molecule has 0 aromatic carbocycles. The van der Waals surface area contributed by atoms with Gasteiger partial charge in [0.1, 0.15) is 6.10 Å². The van der Waals surface area contributed by atoms with Crippen molar-refractivity contribution >= 4 is 11.6 Å². The Hall–Kier alpha value is -0.270. The van der Waals surface area contributed by atoms with Gasteiger partial charge in [0.05, 0.1) is 6.10 Å². The molecule has 1 fully saturated rings. The van der Waals surface area contributed by atoms with Crippen LogP contribution in [0.5, 0.6) is 0 Å². The Morgan fingerprint density at radius 2 is 2.38 bits per heavy atom. The minimum absolute atomic E-state index is 0.115. The van der Waals surface area contributed by atoms with Gasteiger partial charge in [-0.15, -0.1) is 11.6 Å². The predicted molar refractivity (Wildman–Crippen MR) is 63.3 cm³/mol. The molecule has 0 spiro atoms. The summed E-state index contributed by atoms with van der Waals surface area (Å²) >= 11 is 5.45. The van der Waals surface area contributed by atoms with Gasteiger partial charge < -0.3 is 14.6 Å². The van der Waals surface area contributed by atoms with Crippen LogP contribution in [0.25, 0.3) is 0 Å². The first-order valence-corrected chi connectivity index (χ1v) is 6.25. The van der Waals surface area contributed by atoms with Crippen molar-refractivity contribution < 1.29 is 14.6 Å². The molecule has 0 saturated carbocycles. The zero-order valence-corrected chi connectivity index (χ0v) is 10.4. The van der Waals surface area contributed by atoms with E-state index in [9.17, 15) is 5.11 Å². The first-order chi connectivity index (χ1) is 7.72. The number of rotatable bonds is 4. The van der Waals surface area contributed by atoms with E-state index in [0.29, 0.717) is 6.42 Å². The second kappa shape index (κ2) is 7.92. The lowest BCUT2D eigenvalue weighted by Gasteiger charge is -2.24. The molecule has 3 unspecified atom stereocenters. The number of hydrogen-bond acceptors (Lipinski definition) is 3. The third kappa shape index (κ3) is 5.72. The van der Waals surface area contributed by atoms with Crippen LogP contribution in [0.3, 0.4) is 0 Å². The predicted octanol–water partition coefficient (Wildman–Crippen LogP) is 1.91. The molecule has 0 aromatic rings. The van der Waals surface area contributed by atoms with E-state index in [1.165, 1.54) is 0 Å². The number of ether oxygens (including phenoxy) is 2. The zero-order chi connectivity index (χ0) is 11.8. The zero-order valence-electron chi connectivity index (χ0n) is 9.62. The molecule has 1 rings (SSSR count). The Balaban J connectivity index is 2.20. The summed E-state index contributed by atoms with van der Waals surface area (Å²) in [5.41, 5.74) is 0. The van der Waals surface area contributed by atoms with Crippen LogP contribution in [-0.4, -0.2) is 36.1 Å². The fourth-order valence-electron chi connectivity index (χ4n) is 1.46. The van der Waals surface area contributed by atoms with Crippen molar-refractivity contribution in [3.8, 4) is 11.8 Å². The smallest absolute Gasteiger partial charge is 0.159 e. The summed E-state index contributed by atoms with van der Waals surface area (Å²) in [6, 6.07) is 0. The van der Waals surface area contributed by atoms with Gasteiger partial charge in [-0.25, -0.2) is 0 Å². The molecule has 4 heteroatoms. The van der Waals surface area contributed by atoms with Gasteiger partial charge in [0.2, 0.25) is 0 Å². The highest BCUT2D eigenvalue weighted by Gasteiger charge is 2.15. The summed E-state index contributed by atoms with van der Waals surface area (Å²) in [6.07, 6.45) is 2.77. The van der Waals surface area contributed by atoms with E-state index in [4.69, 9.17) is 21.1 Å². The van der Waals surface area contributed by atoms with Crippen molar-refractivity contribution in [2.24, 2.45) is 0 Å². The van der Waals surface area contributed by atoms with Gasteiger partial charge in [0, 0.05) is 18.9 Å². The van der Waals surface area contributed by atoms with Crippen molar-refractivity contribution in [1.82, 2.24) is 0 Å². The number of aliphatic hydroxyl groups excluding tert-OH is 1. The molecule has 0 radical (unpaired) electrons. The maximum absolute atomic E-state index is 9.19. The SMILES string of the molecule is CC(C#CCC(O)CCl)OC1CCCCO1. The normalized spacial score (nSPS) is 24.3. The van der Waals surface area contributed by atoms with E-state index in [1.54, 1.807) is 0 Å². The molecule has 3 atom stereocenters. The molecular weight excluding hydrogens is 228 g/mol. The van der Waals surface area contributed by atoms with Gasteiger partial charge in [-0.1, -0.05) is 11.8 Å². The molecule has 92 valence electrons. The number of alkyl halides is 1. The van der Waals surface area contributed by atoms with Crippen molar-refractivity contribution in [3.05, 3.63) is 0 Å². The van der Waals surface area contributed by atoms with Gasteiger partial charge in [-0.3, -0.25) is 0 Å². The molecule has 0 aromatic heterocycles. The van der Waals surface area contributed by atoms with E-state index in [1.807, 2.05) is 6.92 Å². The number of aliphatic hydroxyl groups is 1. The number of halogens is 1. The van der Waals surface area contributed by atoms with Crippen LogP contribution >= 0.6 is 11.6 Å². The van der Waals surface area contributed by atoms with Crippen LogP contribution in [0.2, 0.25) is 0 Å². The van der Waals surface area contributed by atoms with Crippen molar-refractivity contribution in [1.29, 1.82) is 0 Å². The summed E-state index contributed by atoms with van der Waals surface area (Å²) in [5, 5.41) is 9.19. The van der Waals surface area contributed by atoms with Gasteiger partial charge in [-0.05, 0) is 26.2 Å². The van der Waals surface area contributed by atoms with E-state index in [0.717, 1.165) is 25.9 Å². The summed E-state index contributed by atoms with van der Waals surface area (Å²) < 4.78 is 11.0. The van der Waals surface area contributed by atoms with Crippen LogP contribution in [0.15, 0.2) is 0 Å². The minimum atomic E-state index is -0.549. The minimum Gasteiger partial charge on any atom is -0.391 e. The Morgan fingerprint density at radius 1 is 1.56 bits per heavy atom. The lowest BCUT2D eigenvalue weighted by atomic mass is 10.2. The highest BCUT2D eigenvalue weighted by Crippen LogP contribution is 2.14. The van der Waals surface area contributed by atoms with Crippen molar-refractivity contribution in [2.75, 3.05) is 12.5 Å². The molecule has 1 aliphatic rings. The molecule has 16 heavy (non-hydrogen) atoms. The fourth-order valence-corrected chi connectivity index (χ4v) is 1.56. The first kappa shape index (κ1) is 13.8. The van der Waals surface area contributed by atoms with Crippen LogP contribution in [0.4, 0.5) is 0 Å². The van der Waals surface area contributed by atoms with Crippen molar-refractivity contribution in [2.45, 2.75) is 51.1 Å². The van der Waals surface area contributed by atoms with Crippen LogP contribution < -0.4 is 0 Å². The van der Waals surface area contributed by atoms with Gasteiger partial charge >= 0.3 is 0 Å². The average molecular weight is 247 g/mol. The second-order valence-corrected chi connectivity index (χ2v) is 4.22. The average Bonchev–Trinajstić information content (AvgIpc) is 2.30. The van der Waals surface area contributed by atoms with E-state index in [2.05, 4.69) is 11.8 Å². The Kier molecular flexibility index (Phi) is 6.82. The van der Waals surface area contributed by atoms with Gasteiger partial charge in [-0.2, -0.15) is 0 Å². The van der Waals surface area contributed by atoms with E-state index < -0.39 is 6.10 Å². The van der Waals surface area contributed by atoms with Crippen LogP contribution in [0.1, 0.15) is 32.6 Å². The second-order valence-electron chi connectivity index (χ2n) is 3.91. The lowest BCUT2D eigenvalue weighted by Crippen LogP contribution is -2.25. The monoisotopic (exact) mass is 246 g/mol. The molecule has 0 amide bonds. The molecule has 0 aliphatic carbocycles. The molecule has 3 nitrogen and oxygen atoms in total. The largest absolute Gasteiger partial charge is 0.391 e. The summed E-state index contributed by atoms with van der Waals surface area (Å²) in [6.45, 7) is 2.66. The lowest BCUT2D eigenvalue weighted by molar-refractivity contribution is -0.173. The Morgan fingerprint density at radius 3 is 3.00 bits per heavy atom. The maximum atomic E-state index is 9.19. The summed E-state index contributed by atoms with van der Waals surface area (Å²) in [4.78, 5) is 0. The van der Waals surface area contributed by atoms with E-state index >= 15 is 0 Å². The fraction of sp³-hybridized carbons (Fsp3) is 0.833. The quantitative estimate of drug-likeness (QED) is 0.608. The highest BCUT2D eigenvalue weighted by molar-refractivity contribution is 6.18.